The first-order chi connectivity index (χ1) is 15.0. The maximum absolute atomic E-state index is 13.4. The van der Waals surface area contributed by atoms with Gasteiger partial charge in [-0.2, -0.15) is 14.5 Å². The number of hydrogen-bond donors (Lipinski definition) is 0. The fourth-order valence-corrected chi connectivity index (χ4v) is 3.83. The van der Waals surface area contributed by atoms with Crippen LogP contribution in [0.2, 0.25) is 0 Å². The van der Waals surface area contributed by atoms with Crippen LogP contribution in [0.4, 0.5) is 4.39 Å². The highest BCUT2D eigenvalue weighted by Crippen LogP contribution is 2.30. The van der Waals surface area contributed by atoms with Crippen LogP contribution in [-0.4, -0.2) is 19.3 Å². The fourth-order valence-electron chi connectivity index (χ4n) is 3.83. The van der Waals surface area contributed by atoms with E-state index in [1.807, 2.05) is 54.9 Å². The second kappa shape index (κ2) is 7.36. The van der Waals surface area contributed by atoms with Crippen molar-refractivity contribution in [2.24, 2.45) is 7.05 Å². The summed E-state index contributed by atoms with van der Waals surface area (Å²) in [6.07, 6.45) is 1.73. The van der Waals surface area contributed by atoms with Crippen molar-refractivity contribution in [2.45, 2.75) is 13.5 Å². The van der Waals surface area contributed by atoms with Crippen LogP contribution in [0, 0.1) is 12.9 Å². The molecule has 0 aliphatic carbocycles. The molecule has 154 valence electrons. The molecule has 0 saturated heterocycles. The zero-order chi connectivity index (χ0) is 21.5. The predicted octanol–water partition coefficient (Wildman–Crippen LogP) is 4.57. The Kier molecular flexibility index (Phi) is 4.51. The Morgan fingerprint density at radius 3 is 2.68 bits per heavy atom. The molecule has 2 aromatic carbocycles. The second-order valence-electron chi connectivity index (χ2n) is 7.43. The molecule has 0 N–H and O–H groups in total. The monoisotopic (exact) mass is 414 g/mol. The van der Waals surface area contributed by atoms with E-state index in [4.69, 9.17) is 4.74 Å². The lowest BCUT2D eigenvalue weighted by molar-refractivity contribution is 0.446. The SMILES string of the molecule is Cc1ccccc1Cn1ncc2c3ccc(Oc4cccc(F)n4)cc3n(C)c2c1=O. The minimum Gasteiger partial charge on any atom is -0.439 e. The Morgan fingerprint density at radius 2 is 1.87 bits per heavy atom. The Balaban J connectivity index is 1.59. The van der Waals surface area contributed by atoms with E-state index in [1.54, 1.807) is 18.3 Å². The van der Waals surface area contributed by atoms with Gasteiger partial charge in [0.1, 0.15) is 11.3 Å². The van der Waals surface area contributed by atoms with Gasteiger partial charge in [0.05, 0.1) is 18.3 Å². The largest absolute Gasteiger partial charge is 0.439 e. The summed E-state index contributed by atoms with van der Waals surface area (Å²) in [4.78, 5) is 17.0. The highest BCUT2D eigenvalue weighted by atomic mass is 19.1. The van der Waals surface area contributed by atoms with Crippen LogP contribution in [0.5, 0.6) is 11.6 Å². The molecule has 0 radical (unpaired) electrons. The summed E-state index contributed by atoms with van der Waals surface area (Å²) in [7, 11) is 1.84. The Bertz CT molecular complexity index is 1500. The third-order valence-corrected chi connectivity index (χ3v) is 5.47. The maximum atomic E-state index is 13.4. The minimum absolute atomic E-state index is 0.159. The summed E-state index contributed by atoms with van der Waals surface area (Å²) in [5.74, 6) is 0.0635. The zero-order valence-corrected chi connectivity index (χ0v) is 17.0. The first-order valence-corrected chi connectivity index (χ1v) is 9.84. The van der Waals surface area contributed by atoms with Crippen LogP contribution >= 0.6 is 0 Å². The molecule has 6 nitrogen and oxygen atoms in total. The van der Waals surface area contributed by atoms with E-state index in [0.717, 1.165) is 27.4 Å². The molecule has 0 fully saturated rings. The molecule has 5 rings (SSSR count). The van der Waals surface area contributed by atoms with Crippen molar-refractivity contribution in [3.63, 3.8) is 0 Å². The van der Waals surface area contributed by atoms with E-state index in [2.05, 4.69) is 10.1 Å². The summed E-state index contributed by atoms with van der Waals surface area (Å²) in [5.41, 5.74) is 3.39. The quantitative estimate of drug-likeness (QED) is 0.404. The van der Waals surface area contributed by atoms with Crippen LogP contribution in [0.1, 0.15) is 11.1 Å². The van der Waals surface area contributed by atoms with E-state index in [1.165, 1.54) is 16.8 Å². The van der Waals surface area contributed by atoms with E-state index in [-0.39, 0.29) is 11.4 Å². The average Bonchev–Trinajstić information content (AvgIpc) is 3.04. The van der Waals surface area contributed by atoms with Gasteiger partial charge < -0.3 is 9.30 Å². The lowest BCUT2D eigenvalue weighted by atomic mass is 10.1. The van der Waals surface area contributed by atoms with Crippen LogP contribution in [0.15, 0.2) is 71.7 Å². The molecule has 0 aliphatic rings. The molecule has 0 atom stereocenters. The van der Waals surface area contributed by atoms with Crippen molar-refractivity contribution in [3.8, 4) is 11.6 Å². The molecule has 3 heterocycles. The van der Waals surface area contributed by atoms with Crippen molar-refractivity contribution < 1.29 is 9.13 Å². The number of hydrogen-bond acceptors (Lipinski definition) is 4. The van der Waals surface area contributed by atoms with Gasteiger partial charge >= 0.3 is 0 Å². The number of rotatable bonds is 4. The first-order valence-electron chi connectivity index (χ1n) is 9.84. The molecule has 3 aromatic heterocycles. The number of ether oxygens (including phenoxy) is 1. The molecule has 0 aliphatic heterocycles. The van der Waals surface area contributed by atoms with E-state index < -0.39 is 5.95 Å². The topological polar surface area (TPSA) is 61.9 Å². The third kappa shape index (κ3) is 3.34. The molecule has 5 aromatic rings. The molecule has 0 amide bonds. The van der Waals surface area contributed by atoms with Gasteiger partial charge in [0.2, 0.25) is 11.8 Å². The highest BCUT2D eigenvalue weighted by Gasteiger charge is 2.15. The number of nitrogens with zero attached hydrogens (tertiary/aromatic N) is 4. The van der Waals surface area contributed by atoms with Gasteiger partial charge in [0.25, 0.3) is 5.56 Å². The Hall–Kier alpha value is -4.00. The number of aromatic nitrogens is 4. The van der Waals surface area contributed by atoms with Gasteiger partial charge in [-0.3, -0.25) is 4.79 Å². The van der Waals surface area contributed by atoms with Crippen LogP contribution < -0.4 is 10.3 Å². The highest BCUT2D eigenvalue weighted by molar-refractivity contribution is 6.07. The van der Waals surface area contributed by atoms with Crippen LogP contribution in [0.3, 0.4) is 0 Å². The molecular formula is C24H19FN4O2. The van der Waals surface area contributed by atoms with Gasteiger partial charge in [-0.15, -0.1) is 0 Å². The molecule has 0 saturated carbocycles. The number of halogens is 1. The second-order valence-corrected chi connectivity index (χ2v) is 7.43. The Labute approximate surface area is 177 Å². The summed E-state index contributed by atoms with van der Waals surface area (Å²) in [6, 6.07) is 17.8. The van der Waals surface area contributed by atoms with Crippen molar-refractivity contribution in [2.75, 3.05) is 0 Å². The number of aryl methyl sites for hydroxylation is 2. The first kappa shape index (κ1) is 19.0. The zero-order valence-electron chi connectivity index (χ0n) is 17.0. The lowest BCUT2D eigenvalue weighted by Gasteiger charge is -2.08. The summed E-state index contributed by atoms with van der Waals surface area (Å²) in [6.45, 7) is 2.42. The van der Waals surface area contributed by atoms with E-state index in [9.17, 15) is 9.18 Å². The molecule has 7 heteroatoms. The summed E-state index contributed by atoms with van der Waals surface area (Å²) >= 11 is 0. The molecule has 0 bridgehead atoms. The standard InChI is InChI=1S/C24H19FN4O2/c1-15-6-3-4-7-16(15)14-29-24(30)23-19(13-26-29)18-11-10-17(12-20(18)28(23)2)31-22-9-5-8-21(25)27-22/h3-13H,14H2,1-2H3. The molecular weight excluding hydrogens is 395 g/mol. The van der Waals surface area contributed by atoms with Gasteiger partial charge in [-0.05, 0) is 36.2 Å². The van der Waals surface area contributed by atoms with Crippen molar-refractivity contribution in [1.82, 2.24) is 19.3 Å². The lowest BCUT2D eigenvalue weighted by Crippen LogP contribution is -2.24. The average molecular weight is 414 g/mol. The van der Waals surface area contributed by atoms with Crippen molar-refractivity contribution >= 4 is 21.8 Å². The molecule has 0 spiro atoms. The maximum Gasteiger partial charge on any atom is 0.291 e. The number of benzene rings is 2. The molecule has 31 heavy (non-hydrogen) atoms. The van der Waals surface area contributed by atoms with Crippen LogP contribution in [-0.2, 0) is 13.6 Å². The third-order valence-electron chi connectivity index (χ3n) is 5.47. The van der Waals surface area contributed by atoms with Gasteiger partial charge in [-0.25, -0.2) is 4.68 Å². The fraction of sp³-hybridized carbons (Fsp3) is 0.125. The number of fused-ring (bicyclic) bond motifs is 3. The number of pyridine rings is 1. The van der Waals surface area contributed by atoms with E-state index in [0.29, 0.717) is 17.8 Å². The predicted molar refractivity (Wildman–Crippen MR) is 117 cm³/mol. The van der Waals surface area contributed by atoms with Gasteiger partial charge in [0.15, 0.2) is 0 Å². The Morgan fingerprint density at radius 1 is 1.03 bits per heavy atom. The summed E-state index contributed by atoms with van der Waals surface area (Å²) < 4.78 is 22.4. The van der Waals surface area contributed by atoms with Gasteiger partial charge in [0, 0.05) is 30.0 Å². The summed E-state index contributed by atoms with van der Waals surface area (Å²) in [5, 5.41) is 6.08. The van der Waals surface area contributed by atoms with Crippen LogP contribution in [0.25, 0.3) is 21.8 Å². The minimum atomic E-state index is -0.608. The molecule has 0 unspecified atom stereocenters. The van der Waals surface area contributed by atoms with Crippen molar-refractivity contribution in [1.29, 1.82) is 0 Å². The van der Waals surface area contributed by atoms with E-state index >= 15 is 0 Å². The normalized spacial score (nSPS) is 11.3. The van der Waals surface area contributed by atoms with Gasteiger partial charge in [-0.1, -0.05) is 30.3 Å². The smallest absolute Gasteiger partial charge is 0.291 e. The van der Waals surface area contributed by atoms with Crippen molar-refractivity contribution in [3.05, 3.63) is 94.3 Å².